The van der Waals surface area contributed by atoms with Gasteiger partial charge in [-0.15, -0.1) is 0 Å². The first kappa shape index (κ1) is 21.3. The van der Waals surface area contributed by atoms with Crippen LogP contribution in [-0.2, 0) is 12.8 Å². The van der Waals surface area contributed by atoms with Crippen LogP contribution >= 0.6 is 0 Å². The fraction of sp³-hybridized carbons (Fsp3) is 0.625. The van der Waals surface area contributed by atoms with Crippen molar-refractivity contribution in [1.82, 2.24) is 4.98 Å². The van der Waals surface area contributed by atoms with Gasteiger partial charge in [-0.2, -0.15) is 0 Å². The Morgan fingerprint density at radius 1 is 1.00 bits per heavy atom. The summed E-state index contributed by atoms with van der Waals surface area (Å²) in [5.74, 6) is 0. The maximum atomic E-state index is 3.76. The van der Waals surface area contributed by atoms with Gasteiger partial charge in [0.15, 0.2) is 0 Å². The van der Waals surface area contributed by atoms with Gasteiger partial charge in [-0.3, -0.25) is 0 Å². The van der Waals surface area contributed by atoms with Gasteiger partial charge < -0.3 is 4.98 Å². The van der Waals surface area contributed by atoms with Crippen LogP contribution in [0.3, 0.4) is 0 Å². The SMILES string of the molecule is C=Cc1[nH]cc(CC)c1CC.CC.CC.CC. The number of hydrogen-bond acceptors (Lipinski definition) is 0. The number of hydrogen-bond donors (Lipinski definition) is 1. The molecule has 0 aliphatic heterocycles. The highest BCUT2D eigenvalue weighted by Crippen LogP contribution is 2.15. The van der Waals surface area contributed by atoms with Crippen molar-refractivity contribution in [2.75, 3.05) is 0 Å². The van der Waals surface area contributed by atoms with Crippen molar-refractivity contribution in [2.45, 2.75) is 68.2 Å². The molecular formula is C16H33N. The van der Waals surface area contributed by atoms with Gasteiger partial charge in [-0.05, 0) is 30.0 Å². The van der Waals surface area contributed by atoms with E-state index in [0.29, 0.717) is 0 Å². The number of aromatic amines is 1. The molecule has 0 aliphatic rings. The lowest BCUT2D eigenvalue weighted by molar-refractivity contribution is 1.05. The molecule has 0 saturated carbocycles. The molecule has 1 aromatic rings. The van der Waals surface area contributed by atoms with Gasteiger partial charge in [-0.1, -0.05) is 62.0 Å². The lowest BCUT2D eigenvalue weighted by Crippen LogP contribution is -1.86. The van der Waals surface area contributed by atoms with Crippen LogP contribution in [-0.4, -0.2) is 4.98 Å². The van der Waals surface area contributed by atoms with E-state index in [-0.39, 0.29) is 0 Å². The number of aromatic nitrogens is 1. The van der Waals surface area contributed by atoms with Gasteiger partial charge in [0.2, 0.25) is 0 Å². The van der Waals surface area contributed by atoms with Crippen LogP contribution < -0.4 is 0 Å². The van der Waals surface area contributed by atoms with Crippen LogP contribution in [0.5, 0.6) is 0 Å². The van der Waals surface area contributed by atoms with Crippen LogP contribution in [0.1, 0.15) is 72.2 Å². The first-order chi connectivity index (χ1) is 8.33. The lowest BCUT2D eigenvalue weighted by atomic mass is 10.1. The Labute approximate surface area is 109 Å². The number of aryl methyl sites for hydroxylation is 1. The topological polar surface area (TPSA) is 15.8 Å². The molecule has 0 fully saturated rings. The predicted octanol–water partition coefficient (Wildman–Crippen LogP) is 5.86. The van der Waals surface area contributed by atoms with Crippen LogP contribution in [0.25, 0.3) is 6.08 Å². The molecule has 1 N–H and O–H groups in total. The quantitative estimate of drug-likeness (QED) is 0.680. The molecule has 0 unspecified atom stereocenters. The van der Waals surface area contributed by atoms with Crippen LogP contribution in [0.4, 0.5) is 0 Å². The Balaban J connectivity index is -0.000000285. The summed E-state index contributed by atoms with van der Waals surface area (Å²) in [5.41, 5.74) is 4.02. The van der Waals surface area contributed by atoms with E-state index in [1.54, 1.807) is 0 Å². The number of rotatable bonds is 3. The molecule has 1 rings (SSSR count). The molecule has 17 heavy (non-hydrogen) atoms. The zero-order chi connectivity index (χ0) is 14.3. The average molecular weight is 239 g/mol. The molecular weight excluding hydrogens is 206 g/mol. The minimum atomic E-state index is 1.09. The minimum absolute atomic E-state index is 1.09. The van der Waals surface area contributed by atoms with Gasteiger partial charge in [0.1, 0.15) is 0 Å². The van der Waals surface area contributed by atoms with E-state index in [2.05, 4.69) is 31.6 Å². The van der Waals surface area contributed by atoms with Crippen molar-refractivity contribution in [2.24, 2.45) is 0 Å². The van der Waals surface area contributed by atoms with E-state index < -0.39 is 0 Å². The molecule has 0 radical (unpaired) electrons. The highest BCUT2D eigenvalue weighted by atomic mass is 14.7. The first-order valence-corrected chi connectivity index (χ1v) is 7.15. The van der Waals surface area contributed by atoms with Crippen molar-refractivity contribution in [3.8, 4) is 0 Å². The van der Waals surface area contributed by atoms with Crippen LogP contribution in [0.2, 0.25) is 0 Å². The highest BCUT2D eigenvalue weighted by molar-refractivity contribution is 5.50. The van der Waals surface area contributed by atoms with E-state index in [1.165, 1.54) is 16.8 Å². The van der Waals surface area contributed by atoms with Crippen molar-refractivity contribution in [3.63, 3.8) is 0 Å². The summed E-state index contributed by atoms with van der Waals surface area (Å²) in [6.45, 7) is 20.1. The van der Waals surface area contributed by atoms with E-state index >= 15 is 0 Å². The summed E-state index contributed by atoms with van der Waals surface area (Å²) >= 11 is 0. The second-order valence-electron chi connectivity index (χ2n) is 2.62. The third kappa shape index (κ3) is 7.84. The molecule has 1 aromatic heterocycles. The van der Waals surface area contributed by atoms with E-state index in [0.717, 1.165) is 12.8 Å². The molecule has 0 atom stereocenters. The van der Waals surface area contributed by atoms with Gasteiger partial charge >= 0.3 is 0 Å². The second kappa shape index (κ2) is 17.4. The molecule has 0 aliphatic carbocycles. The van der Waals surface area contributed by atoms with E-state index in [4.69, 9.17) is 0 Å². The molecule has 1 heteroatoms. The van der Waals surface area contributed by atoms with Gasteiger partial charge in [0, 0.05) is 11.9 Å². The van der Waals surface area contributed by atoms with Gasteiger partial charge in [0.05, 0.1) is 0 Å². The Hall–Kier alpha value is -0.980. The maximum absolute atomic E-state index is 3.76. The Morgan fingerprint density at radius 3 is 1.76 bits per heavy atom. The third-order valence-corrected chi connectivity index (χ3v) is 2.05. The summed E-state index contributed by atoms with van der Waals surface area (Å²) in [7, 11) is 0. The smallest absolute Gasteiger partial charge is 0.0409 e. The standard InChI is InChI=1S/C10H15N.3C2H6/c1-4-8-7-11-10(6-3)9(8)5-2;3*1-2/h6-7,11H,3-5H2,1-2H3;3*1-2H3. The number of H-pyrrole nitrogens is 1. The summed E-state index contributed by atoms with van der Waals surface area (Å²) in [4.78, 5) is 3.21. The molecule has 0 amide bonds. The summed E-state index contributed by atoms with van der Waals surface area (Å²) < 4.78 is 0. The zero-order valence-corrected chi connectivity index (χ0v) is 13.3. The van der Waals surface area contributed by atoms with Crippen molar-refractivity contribution in [3.05, 3.63) is 29.6 Å². The first-order valence-electron chi connectivity index (χ1n) is 7.15. The minimum Gasteiger partial charge on any atom is -0.361 e. The highest BCUT2D eigenvalue weighted by Gasteiger charge is 2.03. The summed E-state index contributed by atoms with van der Waals surface area (Å²) in [6.07, 6.45) is 6.16. The van der Waals surface area contributed by atoms with Crippen molar-refractivity contribution >= 4 is 6.08 Å². The summed E-state index contributed by atoms with van der Waals surface area (Å²) in [5, 5.41) is 0. The molecule has 0 aromatic carbocycles. The Kier molecular flexibility index (Phi) is 21.8. The molecule has 0 saturated heterocycles. The zero-order valence-electron chi connectivity index (χ0n) is 13.3. The third-order valence-electron chi connectivity index (χ3n) is 2.05. The fourth-order valence-corrected chi connectivity index (χ4v) is 1.43. The maximum Gasteiger partial charge on any atom is 0.0409 e. The molecule has 0 bridgehead atoms. The van der Waals surface area contributed by atoms with E-state index in [9.17, 15) is 0 Å². The molecule has 1 nitrogen and oxygen atoms in total. The Bertz CT molecular complexity index is 246. The molecule has 1 heterocycles. The largest absolute Gasteiger partial charge is 0.361 e. The van der Waals surface area contributed by atoms with Crippen LogP contribution in [0, 0.1) is 0 Å². The Morgan fingerprint density at radius 2 is 1.47 bits per heavy atom. The fourth-order valence-electron chi connectivity index (χ4n) is 1.43. The predicted molar refractivity (Wildman–Crippen MR) is 83.7 cm³/mol. The normalized spacial score (nSPS) is 7.53. The van der Waals surface area contributed by atoms with Crippen molar-refractivity contribution < 1.29 is 0 Å². The van der Waals surface area contributed by atoms with Gasteiger partial charge in [-0.25, -0.2) is 0 Å². The second-order valence-corrected chi connectivity index (χ2v) is 2.62. The molecule has 0 spiro atoms. The van der Waals surface area contributed by atoms with E-state index in [1.807, 2.05) is 47.6 Å². The van der Waals surface area contributed by atoms with Crippen LogP contribution in [0.15, 0.2) is 12.8 Å². The monoisotopic (exact) mass is 239 g/mol. The van der Waals surface area contributed by atoms with Gasteiger partial charge in [0.25, 0.3) is 0 Å². The summed E-state index contributed by atoms with van der Waals surface area (Å²) in [6, 6.07) is 0. The number of nitrogens with one attached hydrogen (secondary N) is 1. The molecule has 102 valence electrons. The lowest BCUT2D eigenvalue weighted by Gasteiger charge is -1.97. The van der Waals surface area contributed by atoms with Crippen molar-refractivity contribution in [1.29, 1.82) is 0 Å². The average Bonchev–Trinajstić information content (AvgIpc) is 2.87.